The van der Waals surface area contributed by atoms with Crippen LogP contribution in [0.15, 0.2) is 53.0 Å². The highest BCUT2D eigenvalue weighted by Gasteiger charge is 2.49. The summed E-state index contributed by atoms with van der Waals surface area (Å²) in [6.45, 7) is 1.09. The molecular formula is C20H18BrN3O5. The smallest absolute Gasteiger partial charge is 0.339 e. The Morgan fingerprint density at radius 3 is 2.59 bits per heavy atom. The van der Waals surface area contributed by atoms with Gasteiger partial charge in [0, 0.05) is 4.47 Å². The fourth-order valence-electron chi connectivity index (χ4n) is 3.05. The van der Waals surface area contributed by atoms with Crippen LogP contribution in [-0.2, 0) is 19.9 Å². The summed E-state index contributed by atoms with van der Waals surface area (Å²) in [7, 11) is 1.23. The van der Waals surface area contributed by atoms with Gasteiger partial charge in [-0.3, -0.25) is 14.5 Å². The number of anilines is 1. The van der Waals surface area contributed by atoms with E-state index in [1.807, 2.05) is 0 Å². The van der Waals surface area contributed by atoms with E-state index in [4.69, 9.17) is 0 Å². The fourth-order valence-corrected chi connectivity index (χ4v) is 3.45. The Hall–Kier alpha value is -3.20. The highest BCUT2D eigenvalue weighted by atomic mass is 79.9. The largest absolute Gasteiger partial charge is 0.465 e. The number of para-hydroxylation sites is 1. The summed E-state index contributed by atoms with van der Waals surface area (Å²) < 4.78 is 5.45. The summed E-state index contributed by atoms with van der Waals surface area (Å²) in [6, 6.07) is 12.6. The van der Waals surface area contributed by atoms with Gasteiger partial charge in [-0.15, -0.1) is 0 Å². The number of rotatable bonds is 5. The standard InChI is InChI=1S/C20H18BrN3O5/c1-20(12-6-5-7-13(21)10-12)18(27)24(19(28)23-20)11-16(25)22-15-9-4-3-8-14(15)17(26)29-2/h3-10H,11H2,1-2H3,(H,22,25)(H,23,28)/t20-/m1/s1. The van der Waals surface area contributed by atoms with Gasteiger partial charge in [-0.2, -0.15) is 0 Å². The first-order valence-corrected chi connectivity index (χ1v) is 9.43. The Kier molecular flexibility index (Phi) is 5.69. The first-order valence-electron chi connectivity index (χ1n) is 8.63. The summed E-state index contributed by atoms with van der Waals surface area (Å²) >= 11 is 3.35. The van der Waals surface area contributed by atoms with Gasteiger partial charge < -0.3 is 15.4 Å². The molecule has 29 heavy (non-hydrogen) atoms. The molecule has 1 fully saturated rings. The van der Waals surface area contributed by atoms with Gasteiger partial charge in [0.2, 0.25) is 5.91 Å². The Labute approximate surface area is 175 Å². The third kappa shape index (κ3) is 4.00. The molecule has 0 saturated carbocycles. The van der Waals surface area contributed by atoms with Gasteiger partial charge in [-0.1, -0.05) is 40.2 Å². The molecule has 150 valence electrons. The summed E-state index contributed by atoms with van der Waals surface area (Å²) in [4.78, 5) is 50.5. The zero-order valence-corrected chi connectivity index (χ0v) is 17.3. The molecular weight excluding hydrogens is 442 g/mol. The van der Waals surface area contributed by atoms with E-state index in [1.165, 1.54) is 19.2 Å². The summed E-state index contributed by atoms with van der Waals surface area (Å²) in [6.07, 6.45) is 0. The summed E-state index contributed by atoms with van der Waals surface area (Å²) in [5.74, 6) is -1.78. The number of hydrogen-bond acceptors (Lipinski definition) is 5. The number of nitrogens with zero attached hydrogens (tertiary/aromatic N) is 1. The normalized spacial score (nSPS) is 18.4. The van der Waals surface area contributed by atoms with Crippen molar-refractivity contribution >= 4 is 45.4 Å². The van der Waals surface area contributed by atoms with Crippen molar-refractivity contribution in [1.82, 2.24) is 10.2 Å². The van der Waals surface area contributed by atoms with Gasteiger partial charge in [0.25, 0.3) is 5.91 Å². The first kappa shape index (κ1) is 20.5. The molecule has 2 N–H and O–H groups in total. The summed E-state index contributed by atoms with van der Waals surface area (Å²) in [5.41, 5.74) is -0.305. The van der Waals surface area contributed by atoms with Crippen LogP contribution in [0.4, 0.5) is 10.5 Å². The molecule has 0 bridgehead atoms. The lowest BCUT2D eigenvalue weighted by Crippen LogP contribution is -2.42. The van der Waals surface area contributed by atoms with Crippen molar-refractivity contribution in [3.8, 4) is 0 Å². The van der Waals surface area contributed by atoms with E-state index in [9.17, 15) is 19.2 Å². The molecule has 2 aromatic rings. The molecule has 0 aromatic heterocycles. The van der Waals surface area contributed by atoms with Crippen molar-refractivity contribution < 1.29 is 23.9 Å². The van der Waals surface area contributed by atoms with Crippen molar-refractivity contribution in [3.05, 3.63) is 64.1 Å². The molecule has 1 aliphatic rings. The van der Waals surface area contributed by atoms with E-state index >= 15 is 0 Å². The lowest BCUT2D eigenvalue weighted by atomic mass is 9.92. The maximum absolute atomic E-state index is 12.9. The summed E-state index contributed by atoms with van der Waals surface area (Å²) in [5, 5.41) is 5.19. The molecule has 8 nitrogen and oxygen atoms in total. The number of imide groups is 1. The highest BCUT2D eigenvalue weighted by Crippen LogP contribution is 2.30. The number of urea groups is 1. The van der Waals surface area contributed by atoms with Gasteiger partial charge in [0.15, 0.2) is 0 Å². The minimum Gasteiger partial charge on any atom is -0.465 e. The third-order valence-corrected chi connectivity index (χ3v) is 5.08. The number of hydrogen-bond donors (Lipinski definition) is 2. The zero-order chi connectivity index (χ0) is 21.2. The molecule has 1 saturated heterocycles. The van der Waals surface area contributed by atoms with Crippen molar-refractivity contribution in [3.63, 3.8) is 0 Å². The molecule has 0 spiro atoms. The Morgan fingerprint density at radius 1 is 1.17 bits per heavy atom. The van der Waals surface area contributed by atoms with Crippen molar-refractivity contribution in [2.75, 3.05) is 19.0 Å². The van der Waals surface area contributed by atoms with Crippen LogP contribution in [0.25, 0.3) is 0 Å². The van der Waals surface area contributed by atoms with Crippen LogP contribution in [-0.4, -0.2) is 42.4 Å². The van der Waals surface area contributed by atoms with E-state index in [-0.39, 0.29) is 11.3 Å². The van der Waals surface area contributed by atoms with Gasteiger partial charge in [0.1, 0.15) is 12.1 Å². The van der Waals surface area contributed by atoms with Crippen molar-refractivity contribution in [2.24, 2.45) is 0 Å². The second kappa shape index (κ2) is 8.04. The van der Waals surface area contributed by atoms with E-state index in [0.717, 1.165) is 9.37 Å². The second-order valence-electron chi connectivity index (χ2n) is 6.54. The third-order valence-electron chi connectivity index (χ3n) is 4.59. The van der Waals surface area contributed by atoms with Crippen molar-refractivity contribution in [1.29, 1.82) is 0 Å². The monoisotopic (exact) mass is 459 g/mol. The maximum Gasteiger partial charge on any atom is 0.339 e. The van der Waals surface area contributed by atoms with E-state index in [2.05, 4.69) is 31.3 Å². The van der Waals surface area contributed by atoms with Crippen LogP contribution in [0.5, 0.6) is 0 Å². The van der Waals surface area contributed by atoms with Crippen LogP contribution in [0.1, 0.15) is 22.8 Å². The predicted molar refractivity (Wildman–Crippen MR) is 108 cm³/mol. The molecule has 9 heteroatoms. The van der Waals surface area contributed by atoms with E-state index < -0.39 is 35.9 Å². The SMILES string of the molecule is COC(=O)c1ccccc1NC(=O)CN1C(=O)N[C@](C)(c2cccc(Br)c2)C1=O. The number of amides is 4. The van der Waals surface area contributed by atoms with Gasteiger partial charge >= 0.3 is 12.0 Å². The molecule has 3 rings (SSSR count). The molecule has 1 atom stereocenters. The van der Waals surface area contributed by atoms with Crippen LogP contribution in [0, 0.1) is 0 Å². The number of methoxy groups -OCH3 is 1. The van der Waals surface area contributed by atoms with Crippen LogP contribution in [0.3, 0.4) is 0 Å². The lowest BCUT2D eigenvalue weighted by Gasteiger charge is -2.22. The van der Waals surface area contributed by atoms with E-state index in [1.54, 1.807) is 43.3 Å². The Morgan fingerprint density at radius 2 is 1.90 bits per heavy atom. The fraction of sp³-hybridized carbons (Fsp3) is 0.200. The molecule has 0 radical (unpaired) electrons. The first-order chi connectivity index (χ1) is 13.8. The van der Waals surface area contributed by atoms with Crippen molar-refractivity contribution in [2.45, 2.75) is 12.5 Å². The van der Waals surface area contributed by atoms with Gasteiger partial charge in [0.05, 0.1) is 18.4 Å². The number of esters is 1. The minimum absolute atomic E-state index is 0.166. The minimum atomic E-state index is -1.29. The number of carbonyl (C=O) groups is 4. The zero-order valence-electron chi connectivity index (χ0n) is 15.7. The topological polar surface area (TPSA) is 105 Å². The Bertz CT molecular complexity index is 1010. The molecule has 0 unspecified atom stereocenters. The number of carbonyl (C=O) groups excluding carboxylic acids is 4. The predicted octanol–water partition coefficient (Wildman–Crippen LogP) is 2.64. The van der Waals surface area contributed by atoms with Crippen LogP contribution < -0.4 is 10.6 Å². The average Bonchev–Trinajstić information content (AvgIpc) is 2.92. The van der Waals surface area contributed by atoms with E-state index in [0.29, 0.717) is 5.56 Å². The van der Waals surface area contributed by atoms with Crippen LogP contribution >= 0.6 is 15.9 Å². The van der Waals surface area contributed by atoms with Crippen LogP contribution in [0.2, 0.25) is 0 Å². The number of nitrogens with one attached hydrogen (secondary N) is 2. The average molecular weight is 460 g/mol. The molecule has 4 amide bonds. The molecule has 0 aliphatic carbocycles. The van der Waals surface area contributed by atoms with Gasteiger partial charge in [-0.25, -0.2) is 9.59 Å². The highest BCUT2D eigenvalue weighted by molar-refractivity contribution is 9.10. The maximum atomic E-state index is 12.9. The molecule has 2 aromatic carbocycles. The quantitative estimate of drug-likeness (QED) is 0.528. The molecule has 1 aliphatic heterocycles. The lowest BCUT2D eigenvalue weighted by molar-refractivity contribution is -0.133. The second-order valence-corrected chi connectivity index (χ2v) is 7.46. The number of benzene rings is 2. The van der Waals surface area contributed by atoms with Gasteiger partial charge in [-0.05, 0) is 36.8 Å². The Balaban J connectivity index is 1.77. The number of ether oxygens (including phenoxy) is 1. The molecule has 1 heterocycles. The number of halogens is 1.